The zero-order valence-electron chi connectivity index (χ0n) is 18.8. The van der Waals surface area contributed by atoms with E-state index >= 15 is 0 Å². The standard InChI is InChI=1S/C25H35N5O/c1-20-6-8-24(9-7-20)30-11-10-23(19-30)28-25(26-2)27-17-21-4-3-5-22(16-21)18-29-12-14-31-15-13-29/h3-9,16,23H,10-15,17-19H2,1-2H3,(H2,26,27,28). The number of ether oxygens (including phenoxy) is 1. The molecule has 2 heterocycles. The van der Waals surface area contributed by atoms with Crippen LogP contribution in [0.4, 0.5) is 5.69 Å². The smallest absolute Gasteiger partial charge is 0.191 e. The minimum Gasteiger partial charge on any atom is -0.379 e. The molecule has 2 aromatic carbocycles. The maximum Gasteiger partial charge on any atom is 0.191 e. The second kappa shape index (κ2) is 10.6. The molecule has 31 heavy (non-hydrogen) atoms. The second-order valence-corrected chi connectivity index (χ2v) is 8.55. The molecule has 2 N–H and O–H groups in total. The van der Waals surface area contributed by atoms with Crippen molar-refractivity contribution in [1.82, 2.24) is 15.5 Å². The van der Waals surface area contributed by atoms with E-state index in [0.29, 0.717) is 6.04 Å². The van der Waals surface area contributed by atoms with Crippen LogP contribution >= 0.6 is 0 Å². The van der Waals surface area contributed by atoms with Crippen molar-refractivity contribution in [2.75, 3.05) is 51.3 Å². The van der Waals surface area contributed by atoms with Crippen LogP contribution in [0.5, 0.6) is 0 Å². The number of aliphatic imine (C=N–C) groups is 1. The molecule has 2 aromatic rings. The summed E-state index contributed by atoms with van der Waals surface area (Å²) in [4.78, 5) is 9.34. The Morgan fingerprint density at radius 1 is 1.06 bits per heavy atom. The summed E-state index contributed by atoms with van der Waals surface area (Å²) in [7, 11) is 1.84. The number of nitrogens with one attached hydrogen (secondary N) is 2. The Bertz CT molecular complexity index is 860. The number of rotatable bonds is 6. The first-order valence-corrected chi connectivity index (χ1v) is 11.4. The van der Waals surface area contributed by atoms with Gasteiger partial charge in [-0.1, -0.05) is 42.0 Å². The monoisotopic (exact) mass is 421 g/mol. The quantitative estimate of drug-likeness (QED) is 0.555. The van der Waals surface area contributed by atoms with Crippen LogP contribution < -0.4 is 15.5 Å². The van der Waals surface area contributed by atoms with Gasteiger partial charge < -0.3 is 20.3 Å². The van der Waals surface area contributed by atoms with Crippen molar-refractivity contribution >= 4 is 11.6 Å². The summed E-state index contributed by atoms with van der Waals surface area (Å²) in [5, 5.41) is 7.09. The van der Waals surface area contributed by atoms with Crippen molar-refractivity contribution in [2.24, 2.45) is 4.99 Å². The summed E-state index contributed by atoms with van der Waals surface area (Å²) in [5.74, 6) is 0.870. The normalized spacial score (nSPS) is 20.1. The van der Waals surface area contributed by atoms with Crippen LogP contribution in [0, 0.1) is 6.92 Å². The van der Waals surface area contributed by atoms with Crippen LogP contribution in [-0.4, -0.2) is 63.3 Å². The van der Waals surface area contributed by atoms with Crippen LogP contribution in [0.2, 0.25) is 0 Å². The van der Waals surface area contributed by atoms with Gasteiger partial charge >= 0.3 is 0 Å². The number of hydrogen-bond acceptors (Lipinski definition) is 4. The second-order valence-electron chi connectivity index (χ2n) is 8.55. The van der Waals surface area contributed by atoms with Gasteiger partial charge in [0.25, 0.3) is 0 Å². The third kappa shape index (κ3) is 6.21. The molecule has 0 spiro atoms. The molecule has 1 unspecified atom stereocenters. The van der Waals surface area contributed by atoms with Crippen molar-refractivity contribution in [3.05, 3.63) is 65.2 Å². The van der Waals surface area contributed by atoms with Gasteiger partial charge in [-0.05, 0) is 36.6 Å². The molecule has 2 aliphatic rings. The van der Waals surface area contributed by atoms with Gasteiger partial charge in [0.15, 0.2) is 5.96 Å². The highest BCUT2D eigenvalue weighted by Crippen LogP contribution is 2.20. The number of aryl methyl sites for hydroxylation is 1. The molecule has 0 saturated carbocycles. The van der Waals surface area contributed by atoms with E-state index in [9.17, 15) is 0 Å². The molecule has 4 rings (SSSR count). The average Bonchev–Trinajstić information content (AvgIpc) is 3.26. The van der Waals surface area contributed by atoms with Gasteiger partial charge in [0.05, 0.1) is 13.2 Å². The molecule has 0 radical (unpaired) electrons. The third-order valence-electron chi connectivity index (χ3n) is 6.11. The SMILES string of the molecule is CN=C(NCc1cccc(CN2CCOCC2)c1)NC1CCN(c2ccc(C)cc2)C1. The Morgan fingerprint density at radius 3 is 2.61 bits per heavy atom. The lowest BCUT2D eigenvalue weighted by Gasteiger charge is -2.26. The summed E-state index contributed by atoms with van der Waals surface area (Å²) in [6.07, 6.45) is 1.11. The van der Waals surface area contributed by atoms with Crippen LogP contribution in [-0.2, 0) is 17.8 Å². The highest BCUT2D eigenvalue weighted by Gasteiger charge is 2.23. The molecule has 2 aliphatic heterocycles. The maximum absolute atomic E-state index is 5.45. The van der Waals surface area contributed by atoms with E-state index in [4.69, 9.17) is 4.74 Å². The van der Waals surface area contributed by atoms with Gasteiger partial charge in [-0.2, -0.15) is 0 Å². The number of guanidine groups is 1. The fraction of sp³-hybridized carbons (Fsp3) is 0.480. The summed E-state index contributed by atoms with van der Waals surface area (Å²) in [6.45, 7) is 9.66. The minimum absolute atomic E-state index is 0.403. The van der Waals surface area contributed by atoms with Crippen molar-refractivity contribution in [1.29, 1.82) is 0 Å². The average molecular weight is 422 g/mol. The van der Waals surface area contributed by atoms with E-state index < -0.39 is 0 Å². The number of hydrogen-bond donors (Lipinski definition) is 2. The topological polar surface area (TPSA) is 52.1 Å². The summed E-state index contributed by atoms with van der Waals surface area (Å²) in [6, 6.07) is 18.0. The van der Waals surface area contributed by atoms with E-state index in [1.807, 2.05) is 7.05 Å². The van der Waals surface area contributed by atoms with Crippen molar-refractivity contribution in [3.8, 4) is 0 Å². The first kappa shape index (κ1) is 21.7. The fourth-order valence-corrected chi connectivity index (χ4v) is 4.30. The van der Waals surface area contributed by atoms with E-state index in [1.165, 1.54) is 22.4 Å². The fourth-order valence-electron chi connectivity index (χ4n) is 4.30. The predicted octanol–water partition coefficient (Wildman–Crippen LogP) is 2.77. The van der Waals surface area contributed by atoms with Crippen LogP contribution in [0.1, 0.15) is 23.1 Å². The summed E-state index contributed by atoms with van der Waals surface area (Å²) in [5.41, 5.74) is 5.24. The highest BCUT2D eigenvalue weighted by atomic mass is 16.5. The Kier molecular flexibility index (Phi) is 7.43. The Hall–Kier alpha value is -2.57. The molecule has 2 saturated heterocycles. The van der Waals surface area contributed by atoms with Crippen molar-refractivity contribution in [2.45, 2.75) is 32.5 Å². The zero-order valence-corrected chi connectivity index (χ0v) is 18.8. The van der Waals surface area contributed by atoms with Gasteiger partial charge in [0.1, 0.15) is 0 Å². The van der Waals surface area contributed by atoms with E-state index in [0.717, 1.165) is 64.9 Å². The van der Waals surface area contributed by atoms with Gasteiger partial charge in [0.2, 0.25) is 0 Å². The number of anilines is 1. The molecule has 6 nitrogen and oxygen atoms in total. The van der Waals surface area contributed by atoms with E-state index in [2.05, 4.69) is 80.9 Å². The molecule has 0 bridgehead atoms. The van der Waals surface area contributed by atoms with Gasteiger partial charge in [0, 0.05) is 58.0 Å². The number of nitrogens with zero attached hydrogens (tertiary/aromatic N) is 3. The van der Waals surface area contributed by atoms with Gasteiger partial charge in [-0.25, -0.2) is 0 Å². The summed E-state index contributed by atoms with van der Waals surface area (Å²) >= 11 is 0. The number of benzene rings is 2. The molecule has 0 aromatic heterocycles. The lowest BCUT2D eigenvalue weighted by Crippen LogP contribution is -2.44. The van der Waals surface area contributed by atoms with Crippen molar-refractivity contribution in [3.63, 3.8) is 0 Å². The lowest BCUT2D eigenvalue weighted by molar-refractivity contribution is 0.0342. The molecule has 2 fully saturated rings. The van der Waals surface area contributed by atoms with E-state index in [-0.39, 0.29) is 0 Å². The van der Waals surface area contributed by atoms with Crippen molar-refractivity contribution < 1.29 is 4.74 Å². The predicted molar refractivity (Wildman–Crippen MR) is 128 cm³/mol. The van der Waals surface area contributed by atoms with Crippen LogP contribution in [0.15, 0.2) is 53.5 Å². The van der Waals surface area contributed by atoms with Crippen LogP contribution in [0.25, 0.3) is 0 Å². The number of morpholine rings is 1. The Labute approximate surface area is 186 Å². The first-order valence-electron chi connectivity index (χ1n) is 11.4. The largest absolute Gasteiger partial charge is 0.379 e. The maximum atomic E-state index is 5.45. The first-order chi connectivity index (χ1) is 15.2. The molecular formula is C25H35N5O. The molecule has 1 atom stereocenters. The Morgan fingerprint density at radius 2 is 1.84 bits per heavy atom. The molecule has 0 amide bonds. The van der Waals surface area contributed by atoms with E-state index in [1.54, 1.807) is 0 Å². The lowest BCUT2D eigenvalue weighted by atomic mass is 10.1. The molecule has 0 aliphatic carbocycles. The van der Waals surface area contributed by atoms with Crippen LogP contribution in [0.3, 0.4) is 0 Å². The minimum atomic E-state index is 0.403. The van der Waals surface area contributed by atoms with Gasteiger partial charge in [-0.15, -0.1) is 0 Å². The molecular weight excluding hydrogens is 386 g/mol. The highest BCUT2D eigenvalue weighted by molar-refractivity contribution is 5.80. The molecule has 6 heteroatoms. The Balaban J connectivity index is 1.26. The van der Waals surface area contributed by atoms with Gasteiger partial charge in [-0.3, -0.25) is 9.89 Å². The third-order valence-corrected chi connectivity index (χ3v) is 6.11. The zero-order chi connectivity index (χ0) is 21.5. The summed E-state index contributed by atoms with van der Waals surface area (Å²) < 4.78 is 5.45. The molecule has 166 valence electrons.